The standard InChI is InChI=1S/C10H15ClN6O2/c1-10(2,3)19-9(18)17-16-8-14-6(11)5-7(15-8)13-4-12-5/h4,6H,1-3H3,(H,12,13)(H,17,18)(H2,14,15,16). The maximum absolute atomic E-state index is 11.4. The molecule has 2 heterocycles. The molecule has 1 aromatic rings. The molecule has 0 saturated heterocycles. The van der Waals surface area contributed by atoms with E-state index in [1.807, 2.05) is 0 Å². The lowest BCUT2D eigenvalue weighted by molar-refractivity contribution is 0.0512. The van der Waals surface area contributed by atoms with Crippen molar-refractivity contribution in [3.8, 4) is 0 Å². The first kappa shape index (κ1) is 13.5. The van der Waals surface area contributed by atoms with Crippen LogP contribution in [0.3, 0.4) is 0 Å². The van der Waals surface area contributed by atoms with Crippen molar-refractivity contribution in [3.63, 3.8) is 0 Å². The van der Waals surface area contributed by atoms with Gasteiger partial charge in [-0.05, 0) is 20.8 Å². The highest BCUT2D eigenvalue weighted by atomic mass is 35.5. The number of H-pyrrole nitrogens is 1. The summed E-state index contributed by atoms with van der Waals surface area (Å²) in [6.07, 6.45) is 0.883. The van der Waals surface area contributed by atoms with E-state index in [1.165, 1.54) is 6.33 Å². The minimum Gasteiger partial charge on any atom is -0.443 e. The molecule has 2 rings (SSSR count). The number of hydrogen-bond acceptors (Lipinski definition) is 6. The summed E-state index contributed by atoms with van der Waals surface area (Å²) in [7, 11) is 0. The molecule has 1 unspecified atom stereocenters. The molecule has 0 aliphatic carbocycles. The molecule has 19 heavy (non-hydrogen) atoms. The van der Waals surface area contributed by atoms with Crippen LogP contribution in [0.5, 0.6) is 0 Å². The minimum atomic E-state index is -0.612. The molecule has 0 fully saturated rings. The van der Waals surface area contributed by atoms with Crippen molar-refractivity contribution in [2.24, 2.45) is 4.99 Å². The molecule has 9 heteroatoms. The molecule has 0 spiro atoms. The molecule has 0 aromatic carbocycles. The van der Waals surface area contributed by atoms with Crippen LogP contribution in [0, 0.1) is 0 Å². The summed E-state index contributed by atoms with van der Waals surface area (Å²) in [6, 6.07) is 0. The average Bonchev–Trinajstić information content (AvgIpc) is 2.72. The number of nitrogens with one attached hydrogen (secondary N) is 4. The molecule has 4 N–H and O–H groups in total. The van der Waals surface area contributed by atoms with E-state index in [2.05, 4.69) is 31.1 Å². The Labute approximate surface area is 115 Å². The smallest absolute Gasteiger partial charge is 0.426 e. The first-order chi connectivity index (χ1) is 8.85. The number of carbonyl (C=O) groups is 1. The third kappa shape index (κ3) is 3.50. The number of aromatic nitrogens is 2. The topological polar surface area (TPSA) is 103 Å². The van der Waals surface area contributed by atoms with E-state index in [0.717, 1.165) is 0 Å². The fraction of sp³-hybridized carbons (Fsp3) is 0.500. The Balaban J connectivity index is 1.93. The number of rotatable bonds is 0. The zero-order valence-electron chi connectivity index (χ0n) is 10.7. The Kier molecular flexibility index (Phi) is 3.52. The van der Waals surface area contributed by atoms with E-state index in [9.17, 15) is 4.79 Å². The van der Waals surface area contributed by atoms with Crippen LogP contribution in [0.2, 0.25) is 0 Å². The number of amides is 1. The second-order valence-corrected chi connectivity index (χ2v) is 5.29. The van der Waals surface area contributed by atoms with Gasteiger partial charge in [0.25, 0.3) is 0 Å². The Hall–Kier alpha value is -1.96. The predicted octanol–water partition coefficient (Wildman–Crippen LogP) is 1.27. The number of nitrogens with zero attached hydrogens (tertiary/aromatic N) is 2. The quantitative estimate of drug-likeness (QED) is 0.327. The van der Waals surface area contributed by atoms with Gasteiger partial charge in [0, 0.05) is 0 Å². The van der Waals surface area contributed by atoms with Crippen molar-refractivity contribution in [1.29, 1.82) is 0 Å². The van der Waals surface area contributed by atoms with E-state index in [1.54, 1.807) is 20.8 Å². The van der Waals surface area contributed by atoms with Gasteiger partial charge in [-0.1, -0.05) is 11.6 Å². The Morgan fingerprint density at radius 1 is 1.53 bits per heavy atom. The molecule has 1 amide bonds. The summed E-state index contributed by atoms with van der Waals surface area (Å²) in [5.74, 6) is 0.829. The number of carbonyl (C=O) groups excluding carboxylic acids is 1. The van der Waals surface area contributed by atoms with Crippen molar-refractivity contribution < 1.29 is 9.53 Å². The van der Waals surface area contributed by atoms with Crippen LogP contribution in [0.4, 0.5) is 10.6 Å². The van der Waals surface area contributed by atoms with Crippen molar-refractivity contribution >= 4 is 29.5 Å². The van der Waals surface area contributed by atoms with Crippen molar-refractivity contribution in [2.75, 3.05) is 0 Å². The third-order valence-corrected chi connectivity index (χ3v) is 2.37. The van der Waals surface area contributed by atoms with E-state index >= 15 is 0 Å². The van der Waals surface area contributed by atoms with Crippen molar-refractivity contribution in [1.82, 2.24) is 26.1 Å². The number of alkyl halides is 1. The summed E-state index contributed by atoms with van der Waals surface area (Å²) >= 11 is 6.05. The number of aliphatic imine (C=N–C) groups is 1. The van der Waals surface area contributed by atoms with Gasteiger partial charge in [-0.25, -0.2) is 15.2 Å². The van der Waals surface area contributed by atoms with Crippen LogP contribution in [0.25, 0.3) is 0 Å². The van der Waals surface area contributed by atoms with Gasteiger partial charge in [0.05, 0.1) is 6.33 Å². The molecule has 0 radical (unpaired) electrons. The lowest BCUT2D eigenvalue weighted by Crippen LogP contribution is -2.50. The second kappa shape index (κ2) is 4.96. The van der Waals surface area contributed by atoms with Gasteiger partial charge in [0.2, 0.25) is 5.96 Å². The molecule has 0 saturated carbocycles. The fourth-order valence-corrected chi connectivity index (χ4v) is 1.65. The van der Waals surface area contributed by atoms with Crippen molar-refractivity contribution in [3.05, 3.63) is 12.0 Å². The van der Waals surface area contributed by atoms with Crippen LogP contribution in [-0.4, -0.2) is 27.6 Å². The first-order valence-corrected chi connectivity index (χ1v) is 6.06. The number of ether oxygens (including phenoxy) is 1. The number of imidazole rings is 1. The number of fused-ring (bicyclic) bond motifs is 1. The van der Waals surface area contributed by atoms with Gasteiger partial charge in [-0.2, -0.15) is 4.99 Å². The van der Waals surface area contributed by atoms with Gasteiger partial charge in [0.1, 0.15) is 11.3 Å². The largest absolute Gasteiger partial charge is 0.443 e. The number of hydrazine groups is 1. The van der Waals surface area contributed by atoms with E-state index < -0.39 is 17.2 Å². The summed E-state index contributed by atoms with van der Waals surface area (Å²) in [6.45, 7) is 5.32. The molecule has 0 bridgehead atoms. The molecule has 8 nitrogen and oxygen atoms in total. The number of halogens is 1. The Bertz CT molecular complexity index is 506. The van der Waals surface area contributed by atoms with Gasteiger partial charge >= 0.3 is 6.09 Å². The maximum Gasteiger partial charge on any atom is 0.426 e. The SMILES string of the molecule is CC(C)(C)OC(=O)NNC1=Nc2[nH]cnc2C(Cl)N1. The summed E-state index contributed by atoms with van der Waals surface area (Å²) < 4.78 is 5.06. The van der Waals surface area contributed by atoms with Crippen LogP contribution in [0.15, 0.2) is 11.3 Å². The molecule has 1 atom stereocenters. The van der Waals surface area contributed by atoms with Crippen LogP contribution >= 0.6 is 11.6 Å². The highest BCUT2D eigenvalue weighted by Gasteiger charge is 2.23. The average molecular weight is 287 g/mol. The lowest BCUT2D eigenvalue weighted by atomic mass is 10.2. The Morgan fingerprint density at radius 2 is 2.26 bits per heavy atom. The molecule has 1 aliphatic heterocycles. The molecular weight excluding hydrogens is 272 g/mol. The monoisotopic (exact) mass is 286 g/mol. The van der Waals surface area contributed by atoms with Gasteiger partial charge in [0.15, 0.2) is 11.3 Å². The second-order valence-electron chi connectivity index (χ2n) is 4.86. The highest BCUT2D eigenvalue weighted by Crippen LogP contribution is 2.27. The lowest BCUT2D eigenvalue weighted by Gasteiger charge is -2.22. The van der Waals surface area contributed by atoms with Gasteiger partial charge in [-0.3, -0.25) is 5.43 Å². The summed E-state index contributed by atoms with van der Waals surface area (Å²) in [4.78, 5) is 22.4. The number of aromatic amines is 1. The summed E-state index contributed by atoms with van der Waals surface area (Å²) in [5, 5.41) is 2.83. The van der Waals surface area contributed by atoms with E-state index in [4.69, 9.17) is 16.3 Å². The normalized spacial score (nSPS) is 17.9. The molecule has 104 valence electrons. The van der Waals surface area contributed by atoms with Crippen LogP contribution in [0.1, 0.15) is 32.0 Å². The van der Waals surface area contributed by atoms with Crippen molar-refractivity contribution in [2.45, 2.75) is 31.9 Å². The zero-order valence-corrected chi connectivity index (χ0v) is 11.5. The minimum absolute atomic E-state index is 0.294. The highest BCUT2D eigenvalue weighted by molar-refractivity contribution is 6.22. The Morgan fingerprint density at radius 3 is 2.95 bits per heavy atom. The molecule has 1 aromatic heterocycles. The number of guanidine groups is 1. The van der Waals surface area contributed by atoms with Crippen LogP contribution in [-0.2, 0) is 4.74 Å². The predicted molar refractivity (Wildman–Crippen MR) is 69.9 cm³/mol. The maximum atomic E-state index is 11.4. The molecule has 1 aliphatic rings. The first-order valence-electron chi connectivity index (χ1n) is 5.63. The van der Waals surface area contributed by atoms with E-state index in [-0.39, 0.29) is 0 Å². The third-order valence-electron chi connectivity index (χ3n) is 2.06. The molecular formula is C10H15ClN6O2. The van der Waals surface area contributed by atoms with E-state index in [0.29, 0.717) is 17.5 Å². The van der Waals surface area contributed by atoms with Crippen LogP contribution < -0.4 is 16.2 Å². The van der Waals surface area contributed by atoms with Gasteiger partial charge in [-0.15, -0.1) is 0 Å². The summed E-state index contributed by atoms with van der Waals surface area (Å²) in [5.41, 5.74) is 4.45. The fourth-order valence-electron chi connectivity index (χ4n) is 1.38. The zero-order chi connectivity index (χ0) is 14.0. The van der Waals surface area contributed by atoms with Gasteiger partial charge < -0.3 is 15.0 Å². The number of hydrogen-bond donors (Lipinski definition) is 4.